The van der Waals surface area contributed by atoms with E-state index < -0.39 is 23.4 Å². The zero-order chi connectivity index (χ0) is 18.7. The molecule has 138 valence electrons. The van der Waals surface area contributed by atoms with Crippen LogP contribution in [0.3, 0.4) is 0 Å². The second kappa shape index (κ2) is 6.09. The molecule has 0 aromatic carbocycles. The van der Waals surface area contributed by atoms with Crippen LogP contribution in [0, 0.1) is 0 Å². The van der Waals surface area contributed by atoms with E-state index >= 15 is 0 Å². The molecular weight excluding hydrogens is 422 g/mol. The lowest BCUT2D eigenvalue weighted by molar-refractivity contribution is 0.0946. The Bertz CT molecular complexity index is 716. The van der Waals surface area contributed by atoms with Crippen molar-refractivity contribution < 1.29 is 9.59 Å². The number of amides is 4. The first-order chi connectivity index (χ1) is 12.4. The minimum absolute atomic E-state index is 0.545. The van der Waals surface area contributed by atoms with Gasteiger partial charge in [0, 0.05) is 47.1 Å². The number of halogens is 4. The van der Waals surface area contributed by atoms with Crippen LogP contribution in [0.2, 0.25) is 0 Å². The van der Waals surface area contributed by atoms with Gasteiger partial charge in [0.1, 0.15) is 0 Å². The molecule has 2 aliphatic carbocycles. The fourth-order valence-electron chi connectivity index (χ4n) is 4.15. The maximum Gasteiger partial charge on any atom is 0.354 e. The molecule has 2 fully saturated rings. The van der Waals surface area contributed by atoms with E-state index in [1.54, 1.807) is 12.2 Å². The highest BCUT2D eigenvalue weighted by atomic mass is 35.5. The molecule has 6 nitrogen and oxygen atoms in total. The van der Waals surface area contributed by atoms with Crippen LogP contribution in [-0.2, 0) is 0 Å². The van der Waals surface area contributed by atoms with Gasteiger partial charge in [-0.05, 0) is 36.8 Å². The average Bonchev–Trinajstić information content (AvgIpc) is 2.98. The van der Waals surface area contributed by atoms with E-state index in [9.17, 15) is 9.59 Å². The van der Waals surface area contributed by atoms with Gasteiger partial charge in [-0.25, -0.2) is 9.59 Å². The highest BCUT2D eigenvalue weighted by Crippen LogP contribution is 2.62. The van der Waals surface area contributed by atoms with Gasteiger partial charge in [-0.2, -0.15) is 17.7 Å². The van der Waals surface area contributed by atoms with Gasteiger partial charge in [-0.15, -0.1) is 0 Å². The van der Waals surface area contributed by atoms with Gasteiger partial charge in [-0.3, -0.25) is 0 Å². The summed E-state index contributed by atoms with van der Waals surface area (Å²) >= 11 is 25.9. The van der Waals surface area contributed by atoms with Crippen molar-refractivity contribution in [2.45, 2.75) is 37.0 Å². The maximum absolute atomic E-state index is 12.8. The molecule has 0 unspecified atom stereocenters. The first-order valence-electron chi connectivity index (χ1n) is 8.06. The third-order valence-corrected chi connectivity index (χ3v) is 6.77. The Morgan fingerprint density at radius 1 is 0.692 bits per heavy atom. The summed E-state index contributed by atoms with van der Waals surface area (Å²) in [5.41, 5.74) is -1.80. The van der Waals surface area contributed by atoms with Gasteiger partial charge in [0.15, 0.2) is 0 Å². The van der Waals surface area contributed by atoms with E-state index in [0.29, 0.717) is 36.8 Å². The van der Waals surface area contributed by atoms with E-state index in [-0.39, 0.29) is 0 Å². The molecule has 4 amide bonds. The molecule has 0 radical (unpaired) electrons. The molecule has 2 aliphatic heterocycles. The van der Waals surface area contributed by atoms with Crippen molar-refractivity contribution in [2.24, 2.45) is 0 Å². The Morgan fingerprint density at radius 2 is 1.04 bits per heavy atom. The zero-order valence-corrected chi connectivity index (χ0v) is 16.4. The summed E-state index contributed by atoms with van der Waals surface area (Å²) in [6, 6.07) is -1.41. The number of fused-ring (bicyclic) bond motifs is 1. The SMILES string of the molecule is O=C1N(Cl)C2(C3=CC=CCC3)N(Cl)C(=O)N(Cl)C2(C2=CC=CCC2)N1Cl. The molecule has 2 saturated heterocycles. The summed E-state index contributed by atoms with van der Waals surface area (Å²) < 4.78 is 3.55. The Morgan fingerprint density at radius 3 is 1.31 bits per heavy atom. The fraction of sp³-hybridized carbons (Fsp3) is 0.375. The van der Waals surface area contributed by atoms with Gasteiger partial charge < -0.3 is 0 Å². The summed E-state index contributed by atoms with van der Waals surface area (Å²) in [5, 5.41) is 0. The lowest BCUT2D eigenvalue weighted by atomic mass is 9.77. The highest BCUT2D eigenvalue weighted by Gasteiger charge is 2.82. The van der Waals surface area contributed by atoms with Crippen LogP contribution >= 0.6 is 47.1 Å². The minimum atomic E-state index is -1.57. The van der Waals surface area contributed by atoms with Crippen molar-refractivity contribution in [3.05, 3.63) is 47.6 Å². The second-order valence-corrected chi connectivity index (χ2v) is 7.70. The van der Waals surface area contributed by atoms with Crippen molar-refractivity contribution in [3.63, 3.8) is 0 Å². The topological polar surface area (TPSA) is 47.1 Å². The largest absolute Gasteiger partial charge is 0.354 e. The van der Waals surface area contributed by atoms with Gasteiger partial charge >= 0.3 is 12.1 Å². The fourth-order valence-corrected chi connectivity index (χ4v) is 5.81. The van der Waals surface area contributed by atoms with Crippen LogP contribution in [0.15, 0.2) is 47.6 Å². The molecule has 0 spiro atoms. The smallest absolute Gasteiger partial charge is 0.245 e. The summed E-state index contributed by atoms with van der Waals surface area (Å²) in [4.78, 5) is 25.7. The molecule has 0 saturated carbocycles. The summed E-state index contributed by atoms with van der Waals surface area (Å²) in [5.74, 6) is 0. The van der Waals surface area contributed by atoms with E-state index in [2.05, 4.69) is 0 Å². The van der Waals surface area contributed by atoms with Gasteiger partial charge in [0.05, 0.1) is 0 Å². The van der Waals surface area contributed by atoms with Crippen molar-refractivity contribution >= 4 is 59.2 Å². The van der Waals surface area contributed by atoms with Crippen LogP contribution < -0.4 is 0 Å². The number of carbonyl (C=O) groups is 2. The zero-order valence-electron chi connectivity index (χ0n) is 13.4. The Labute approximate surface area is 170 Å². The predicted molar refractivity (Wildman–Crippen MR) is 99.9 cm³/mol. The molecule has 4 aliphatic rings. The Balaban J connectivity index is 2.08. The van der Waals surface area contributed by atoms with Crippen LogP contribution in [0.1, 0.15) is 25.7 Å². The molecule has 0 aromatic heterocycles. The van der Waals surface area contributed by atoms with Crippen molar-refractivity contribution in [3.8, 4) is 0 Å². The Kier molecular flexibility index (Phi) is 4.23. The van der Waals surface area contributed by atoms with Crippen LogP contribution in [0.4, 0.5) is 9.59 Å². The van der Waals surface area contributed by atoms with E-state index in [1.165, 1.54) is 0 Å². The van der Waals surface area contributed by atoms with Gasteiger partial charge in [-0.1, -0.05) is 36.5 Å². The van der Waals surface area contributed by atoms with Crippen molar-refractivity contribution in [1.82, 2.24) is 17.7 Å². The molecular formula is C16H14Cl4N4O2. The third-order valence-electron chi connectivity index (χ3n) is 5.22. The summed E-state index contributed by atoms with van der Waals surface area (Å²) in [7, 11) is 0. The number of nitrogens with zero attached hydrogens (tertiary/aromatic N) is 4. The quantitative estimate of drug-likeness (QED) is 0.571. The van der Waals surface area contributed by atoms with Crippen LogP contribution in [0.5, 0.6) is 0 Å². The molecule has 0 N–H and O–H groups in total. The minimum Gasteiger partial charge on any atom is -0.245 e. The van der Waals surface area contributed by atoms with Crippen LogP contribution in [-0.4, -0.2) is 41.1 Å². The van der Waals surface area contributed by atoms with E-state index in [1.807, 2.05) is 24.3 Å². The lowest BCUT2D eigenvalue weighted by Gasteiger charge is -2.46. The van der Waals surface area contributed by atoms with E-state index in [0.717, 1.165) is 17.7 Å². The third kappa shape index (κ3) is 1.86. The molecule has 4 rings (SSSR count). The molecule has 26 heavy (non-hydrogen) atoms. The normalized spacial score (nSPS) is 33.8. The number of carbonyl (C=O) groups excluding carboxylic acids is 2. The average molecular weight is 436 g/mol. The highest BCUT2D eigenvalue weighted by molar-refractivity contribution is 6.36. The number of hydrogen-bond acceptors (Lipinski definition) is 2. The van der Waals surface area contributed by atoms with Crippen LogP contribution in [0.25, 0.3) is 0 Å². The lowest BCUT2D eigenvalue weighted by Crippen LogP contribution is -2.65. The monoisotopic (exact) mass is 434 g/mol. The number of hydrogen-bond donors (Lipinski definition) is 0. The molecule has 0 bridgehead atoms. The molecule has 2 heterocycles. The number of allylic oxidation sites excluding steroid dienone is 6. The first kappa shape index (κ1) is 18.0. The van der Waals surface area contributed by atoms with E-state index in [4.69, 9.17) is 47.1 Å². The number of urea groups is 2. The first-order valence-corrected chi connectivity index (χ1v) is 9.41. The molecule has 10 heteroatoms. The molecule has 0 aromatic rings. The van der Waals surface area contributed by atoms with Gasteiger partial charge in [0.25, 0.3) is 0 Å². The van der Waals surface area contributed by atoms with Crippen molar-refractivity contribution in [1.29, 1.82) is 0 Å². The standard InChI is InChI=1S/C16H14Cl4N4O2/c17-21-13(25)23(19)16(12-9-5-2-6-10-12)15(21,11-7-3-1-4-8-11)22(18)14(26)24(16)20/h1-3,5,7,9H,4,6,8,10H2. The van der Waals surface area contributed by atoms with Gasteiger partial charge in [0.2, 0.25) is 11.3 Å². The Hall–Kier alpha value is -1.34. The number of rotatable bonds is 2. The summed E-state index contributed by atoms with van der Waals surface area (Å²) in [6.07, 6.45) is 13.8. The molecule has 0 atom stereocenters. The second-order valence-electron chi connectivity index (χ2n) is 6.35. The van der Waals surface area contributed by atoms with Crippen molar-refractivity contribution in [2.75, 3.05) is 0 Å². The predicted octanol–water partition coefficient (Wildman–Crippen LogP) is 5.02. The summed E-state index contributed by atoms with van der Waals surface area (Å²) in [6.45, 7) is 0. The maximum atomic E-state index is 12.8.